The Labute approximate surface area is 86.8 Å². The highest BCUT2D eigenvalue weighted by Crippen LogP contribution is 2.17. The van der Waals surface area contributed by atoms with Gasteiger partial charge in [-0.2, -0.15) is 0 Å². The van der Waals surface area contributed by atoms with E-state index in [2.05, 4.69) is 11.7 Å². The Morgan fingerprint density at radius 2 is 2.00 bits per heavy atom. The molecule has 0 spiro atoms. The fourth-order valence-electron chi connectivity index (χ4n) is 1.44. The molecule has 0 saturated heterocycles. The number of carbonyl (C=O) groups is 1. The van der Waals surface area contributed by atoms with Crippen LogP contribution in [-0.4, -0.2) is 26.8 Å². The minimum absolute atomic E-state index is 0.109. The van der Waals surface area contributed by atoms with Crippen LogP contribution in [0.25, 0.3) is 0 Å². The highest BCUT2D eigenvalue weighted by molar-refractivity contribution is 5.69. The van der Waals surface area contributed by atoms with E-state index < -0.39 is 0 Å². The molecule has 0 fully saturated rings. The molecule has 0 aliphatic rings. The number of unbranched alkanes of at least 4 members (excludes halogenated alkanes) is 1. The maximum atomic E-state index is 11.1. The topological polar surface area (TPSA) is 35.5 Å². The van der Waals surface area contributed by atoms with Crippen molar-refractivity contribution in [2.75, 3.05) is 20.8 Å². The van der Waals surface area contributed by atoms with Gasteiger partial charge in [-0.05, 0) is 18.8 Å². The van der Waals surface area contributed by atoms with Gasteiger partial charge in [0.05, 0.1) is 7.11 Å². The first-order valence-corrected chi connectivity index (χ1v) is 5.30. The van der Waals surface area contributed by atoms with Crippen molar-refractivity contribution in [3.05, 3.63) is 0 Å². The van der Waals surface area contributed by atoms with Crippen LogP contribution in [0.1, 0.15) is 39.0 Å². The summed E-state index contributed by atoms with van der Waals surface area (Å²) in [4.78, 5) is 11.1. The highest BCUT2D eigenvalue weighted by atomic mass is 16.5. The van der Waals surface area contributed by atoms with E-state index in [-0.39, 0.29) is 5.97 Å². The molecular formula is C11H22O3. The van der Waals surface area contributed by atoms with Gasteiger partial charge in [-0.15, -0.1) is 0 Å². The van der Waals surface area contributed by atoms with Crippen LogP contribution >= 0.6 is 0 Å². The summed E-state index contributed by atoms with van der Waals surface area (Å²) in [6.07, 6.45) is 4.91. The minimum Gasteiger partial charge on any atom is -0.469 e. The zero-order valence-electron chi connectivity index (χ0n) is 9.54. The molecule has 0 bridgehead atoms. The van der Waals surface area contributed by atoms with E-state index in [4.69, 9.17) is 4.74 Å². The van der Waals surface area contributed by atoms with Gasteiger partial charge in [0.1, 0.15) is 0 Å². The predicted octanol–water partition coefficient (Wildman–Crippen LogP) is 2.39. The zero-order chi connectivity index (χ0) is 10.8. The molecule has 3 nitrogen and oxygen atoms in total. The van der Waals surface area contributed by atoms with E-state index in [1.165, 1.54) is 20.0 Å². The van der Waals surface area contributed by atoms with E-state index >= 15 is 0 Å². The maximum absolute atomic E-state index is 11.1. The Kier molecular flexibility index (Phi) is 8.64. The average molecular weight is 202 g/mol. The number of ether oxygens (including phenoxy) is 2. The van der Waals surface area contributed by atoms with Gasteiger partial charge in [0.25, 0.3) is 0 Å². The fraction of sp³-hybridized carbons (Fsp3) is 0.909. The van der Waals surface area contributed by atoms with Crippen LogP contribution in [0.5, 0.6) is 0 Å². The number of esters is 1. The molecule has 0 radical (unpaired) electrons. The van der Waals surface area contributed by atoms with Gasteiger partial charge in [0.15, 0.2) is 0 Å². The van der Waals surface area contributed by atoms with Crippen LogP contribution in [0, 0.1) is 5.92 Å². The molecule has 0 aromatic carbocycles. The van der Waals surface area contributed by atoms with Crippen LogP contribution in [0.2, 0.25) is 0 Å². The quantitative estimate of drug-likeness (QED) is 0.567. The second-order valence-corrected chi connectivity index (χ2v) is 3.57. The summed E-state index contributed by atoms with van der Waals surface area (Å²) in [7, 11) is 3.13. The summed E-state index contributed by atoms with van der Waals surface area (Å²) in [6, 6.07) is 0. The second-order valence-electron chi connectivity index (χ2n) is 3.57. The van der Waals surface area contributed by atoms with E-state index in [0.717, 1.165) is 19.4 Å². The smallest absolute Gasteiger partial charge is 0.305 e. The number of hydrogen-bond donors (Lipinski definition) is 0. The van der Waals surface area contributed by atoms with Crippen molar-refractivity contribution in [3.63, 3.8) is 0 Å². The molecule has 0 aromatic rings. The van der Waals surface area contributed by atoms with Crippen molar-refractivity contribution >= 4 is 5.97 Å². The largest absolute Gasteiger partial charge is 0.469 e. The summed E-state index contributed by atoms with van der Waals surface area (Å²) in [5, 5.41) is 0. The number of methoxy groups -OCH3 is 2. The van der Waals surface area contributed by atoms with Gasteiger partial charge in [-0.3, -0.25) is 4.79 Å². The molecule has 0 unspecified atom stereocenters. The normalized spacial score (nSPS) is 12.5. The third-order valence-electron chi connectivity index (χ3n) is 2.38. The van der Waals surface area contributed by atoms with Crippen molar-refractivity contribution in [1.82, 2.24) is 0 Å². The molecule has 3 heteroatoms. The maximum Gasteiger partial charge on any atom is 0.305 e. The number of rotatable bonds is 8. The Hall–Kier alpha value is -0.570. The molecule has 0 heterocycles. The summed E-state index contributed by atoms with van der Waals surface area (Å²) < 4.78 is 9.68. The lowest BCUT2D eigenvalue weighted by atomic mass is 9.95. The Morgan fingerprint density at radius 3 is 2.50 bits per heavy atom. The average Bonchev–Trinajstić information content (AvgIpc) is 2.21. The lowest BCUT2D eigenvalue weighted by Gasteiger charge is -2.14. The van der Waals surface area contributed by atoms with Gasteiger partial charge < -0.3 is 9.47 Å². The first-order valence-electron chi connectivity index (χ1n) is 5.30. The number of carbonyl (C=O) groups excluding carboxylic acids is 1. The molecule has 0 N–H and O–H groups in total. The van der Waals surface area contributed by atoms with Crippen LogP contribution in [0.4, 0.5) is 0 Å². The molecule has 0 aliphatic carbocycles. The molecular weight excluding hydrogens is 180 g/mol. The second kappa shape index (κ2) is 9.00. The van der Waals surface area contributed by atoms with Gasteiger partial charge in [0, 0.05) is 20.1 Å². The molecule has 14 heavy (non-hydrogen) atoms. The standard InChI is InChI=1S/C11H22O3/c1-4-5-6-10(7-8-13-2)9-11(12)14-3/h10H,4-9H2,1-3H3/t10-/m0/s1. The van der Waals surface area contributed by atoms with Crippen molar-refractivity contribution in [3.8, 4) is 0 Å². The zero-order valence-corrected chi connectivity index (χ0v) is 9.54. The van der Waals surface area contributed by atoms with Crippen LogP contribution in [-0.2, 0) is 14.3 Å². The van der Waals surface area contributed by atoms with Crippen molar-refractivity contribution < 1.29 is 14.3 Å². The lowest BCUT2D eigenvalue weighted by molar-refractivity contribution is -0.141. The highest BCUT2D eigenvalue weighted by Gasteiger charge is 2.13. The Balaban J connectivity index is 3.77. The molecule has 1 atom stereocenters. The van der Waals surface area contributed by atoms with Gasteiger partial charge in [0.2, 0.25) is 0 Å². The fourth-order valence-corrected chi connectivity index (χ4v) is 1.44. The van der Waals surface area contributed by atoms with E-state index in [0.29, 0.717) is 12.3 Å². The summed E-state index contributed by atoms with van der Waals surface area (Å²) in [5.41, 5.74) is 0. The first-order chi connectivity index (χ1) is 6.74. The monoisotopic (exact) mass is 202 g/mol. The molecule has 0 aliphatic heterocycles. The lowest BCUT2D eigenvalue weighted by Crippen LogP contribution is -2.12. The predicted molar refractivity (Wildman–Crippen MR) is 56.1 cm³/mol. The van der Waals surface area contributed by atoms with Gasteiger partial charge in [-0.1, -0.05) is 19.8 Å². The Morgan fingerprint density at radius 1 is 1.29 bits per heavy atom. The SMILES string of the molecule is CCCC[C@@H](CCOC)CC(=O)OC. The van der Waals surface area contributed by atoms with E-state index in [1.807, 2.05) is 0 Å². The molecule has 0 amide bonds. The summed E-state index contributed by atoms with van der Waals surface area (Å²) in [5.74, 6) is 0.310. The van der Waals surface area contributed by atoms with Crippen molar-refractivity contribution in [1.29, 1.82) is 0 Å². The summed E-state index contributed by atoms with van der Waals surface area (Å²) in [6.45, 7) is 2.89. The minimum atomic E-state index is -0.109. The molecule has 0 rings (SSSR count). The van der Waals surface area contributed by atoms with Crippen molar-refractivity contribution in [2.24, 2.45) is 5.92 Å². The Bertz CT molecular complexity index is 137. The third kappa shape index (κ3) is 6.89. The van der Waals surface area contributed by atoms with Crippen LogP contribution in [0.15, 0.2) is 0 Å². The van der Waals surface area contributed by atoms with Gasteiger partial charge >= 0.3 is 5.97 Å². The first kappa shape index (κ1) is 13.4. The summed E-state index contributed by atoms with van der Waals surface area (Å²) >= 11 is 0. The molecule has 0 saturated carbocycles. The van der Waals surface area contributed by atoms with Crippen LogP contribution < -0.4 is 0 Å². The molecule has 0 aromatic heterocycles. The van der Waals surface area contributed by atoms with Crippen molar-refractivity contribution in [2.45, 2.75) is 39.0 Å². The molecule has 84 valence electrons. The number of hydrogen-bond acceptors (Lipinski definition) is 3. The van der Waals surface area contributed by atoms with Crippen LogP contribution in [0.3, 0.4) is 0 Å². The van der Waals surface area contributed by atoms with E-state index in [9.17, 15) is 4.79 Å². The van der Waals surface area contributed by atoms with E-state index in [1.54, 1.807) is 7.11 Å². The van der Waals surface area contributed by atoms with Gasteiger partial charge in [-0.25, -0.2) is 0 Å². The third-order valence-corrected chi connectivity index (χ3v) is 2.38.